The summed E-state index contributed by atoms with van der Waals surface area (Å²) in [5.41, 5.74) is 1.35. The van der Waals surface area contributed by atoms with E-state index in [1.165, 1.54) is 6.08 Å². The van der Waals surface area contributed by atoms with Crippen molar-refractivity contribution in [3.8, 4) is 0 Å². The van der Waals surface area contributed by atoms with Gasteiger partial charge in [0.1, 0.15) is 5.83 Å². The lowest BCUT2D eigenvalue weighted by atomic mass is 10.1. The van der Waals surface area contributed by atoms with Gasteiger partial charge in [-0.1, -0.05) is 36.4 Å². The smallest absolute Gasteiger partial charge is 0.131 e. The highest BCUT2D eigenvalue weighted by atomic mass is 19.1. The summed E-state index contributed by atoms with van der Waals surface area (Å²) >= 11 is 0. The van der Waals surface area contributed by atoms with Gasteiger partial charge in [0.05, 0.1) is 0 Å². The van der Waals surface area contributed by atoms with Gasteiger partial charge in [-0.05, 0) is 17.7 Å². The maximum Gasteiger partial charge on any atom is 0.131 e. The number of rotatable bonds is 2. The van der Waals surface area contributed by atoms with Gasteiger partial charge < -0.3 is 0 Å². The van der Waals surface area contributed by atoms with Gasteiger partial charge in [-0.2, -0.15) is 0 Å². The number of halogens is 1. The van der Waals surface area contributed by atoms with E-state index in [-0.39, 0.29) is 5.83 Å². The first-order valence-electron chi connectivity index (χ1n) is 4.69. The van der Waals surface area contributed by atoms with Crippen molar-refractivity contribution in [2.24, 2.45) is 0 Å². The number of nitrogens with zero attached hydrogens (tertiary/aromatic N) is 1. The number of benzene rings is 1. The van der Waals surface area contributed by atoms with E-state index < -0.39 is 0 Å². The highest BCUT2D eigenvalue weighted by Gasteiger charge is 1.98. The van der Waals surface area contributed by atoms with Crippen molar-refractivity contribution in [2.45, 2.75) is 0 Å². The Bertz CT molecular complexity index is 448. The Labute approximate surface area is 87.9 Å². The van der Waals surface area contributed by atoms with Crippen LogP contribution in [-0.4, -0.2) is 4.98 Å². The third-order valence-corrected chi connectivity index (χ3v) is 2.03. The van der Waals surface area contributed by atoms with Gasteiger partial charge in [0, 0.05) is 18.0 Å². The van der Waals surface area contributed by atoms with Crippen LogP contribution in [0.4, 0.5) is 4.39 Å². The second kappa shape index (κ2) is 4.51. The molecule has 74 valence electrons. The molecule has 0 unspecified atom stereocenters. The molecular formula is C13H10FN. The van der Waals surface area contributed by atoms with Crippen molar-refractivity contribution in [1.82, 2.24) is 4.98 Å². The average Bonchev–Trinajstić information content (AvgIpc) is 2.31. The van der Waals surface area contributed by atoms with E-state index in [0.717, 1.165) is 5.56 Å². The summed E-state index contributed by atoms with van der Waals surface area (Å²) in [4.78, 5) is 3.92. The lowest BCUT2D eigenvalue weighted by Crippen LogP contribution is -1.78. The monoisotopic (exact) mass is 199 g/mol. The second-order valence-corrected chi connectivity index (χ2v) is 3.14. The van der Waals surface area contributed by atoms with E-state index in [0.29, 0.717) is 5.56 Å². The first kappa shape index (κ1) is 9.59. The topological polar surface area (TPSA) is 12.9 Å². The predicted octanol–water partition coefficient (Wildman–Crippen LogP) is 3.55. The molecule has 1 aromatic carbocycles. The number of pyridine rings is 1. The molecule has 0 aliphatic carbocycles. The molecule has 0 amide bonds. The molecule has 0 saturated heterocycles. The van der Waals surface area contributed by atoms with Gasteiger partial charge in [-0.25, -0.2) is 4.39 Å². The third-order valence-electron chi connectivity index (χ3n) is 2.03. The van der Waals surface area contributed by atoms with Crippen LogP contribution in [0.5, 0.6) is 0 Å². The van der Waals surface area contributed by atoms with Crippen LogP contribution in [0.2, 0.25) is 0 Å². The van der Waals surface area contributed by atoms with Crippen molar-refractivity contribution in [3.63, 3.8) is 0 Å². The van der Waals surface area contributed by atoms with Crippen molar-refractivity contribution in [1.29, 1.82) is 0 Å². The Balaban J connectivity index is 2.29. The van der Waals surface area contributed by atoms with Crippen molar-refractivity contribution >= 4 is 11.9 Å². The number of hydrogen-bond donors (Lipinski definition) is 0. The number of hydrogen-bond acceptors (Lipinski definition) is 1. The van der Waals surface area contributed by atoms with Crippen LogP contribution >= 0.6 is 0 Å². The van der Waals surface area contributed by atoms with Crippen LogP contribution in [0.25, 0.3) is 11.9 Å². The maximum absolute atomic E-state index is 13.7. The molecule has 1 nitrogen and oxygen atoms in total. The molecule has 2 rings (SSSR count). The minimum Gasteiger partial charge on any atom is -0.264 e. The van der Waals surface area contributed by atoms with Crippen LogP contribution in [0, 0.1) is 0 Å². The molecule has 0 aliphatic rings. The highest BCUT2D eigenvalue weighted by Crippen LogP contribution is 2.18. The summed E-state index contributed by atoms with van der Waals surface area (Å²) in [6.45, 7) is 0. The molecule has 1 aromatic heterocycles. The molecule has 0 radical (unpaired) electrons. The van der Waals surface area contributed by atoms with E-state index >= 15 is 0 Å². The first-order chi connectivity index (χ1) is 7.36. The lowest BCUT2D eigenvalue weighted by molar-refractivity contribution is 0.765. The fourth-order valence-corrected chi connectivity index (χ4v) is 1.29. The zero-order valence-electron chi connectivity index (χ0n) is 8.10. The normalized spacial score (nSPS) is 11.4. The van der Waals surface area contributed by atoms with Crippen LogP contribution in [0.3, 0.4) is 0 Å². The maximum atomic E-state index is 13.7. The SMILES string of the molecule is F/C(=C/c1cccnc1)c1ccccc1. The lowest BCUT2D eigenvalue weighted by Gasteiger charge is -1.97. The molecule has 0 aliphatic heterocycles. The van der Waals surface area contributed by atoms with Gasteiger partial charge in [0.15, 0.2) is 0 Å². The molecule has 0 fully saturated rings. The third kappa shape index (κ3) is 2.50. The highest BCUT2D eigenvalue weighted by molar-refractivity contribution is 5.76. The molecule has 0 atom stereocenters. The molecule has 0 bridgehead atoms. The van der Waals surface area contributed by atoms with Gasteiger partial charge >= 0.3 is 0 Å². The zero-order valence-corrected chi connectivity index (χ0v) is 8.10. The summed E-state index contributed by atoms with van der Waals surface area (Å²) < 4.78 is 13.7. The molecular weight excluding hydrogens is 189 g/mol. The molecule has 0 N–H and O–H groups in total. The van der Waals surface area contributed by atoms with E-state index in [1.54, 1.807) is 30.6 Å². The van der Waals surface area contributed by atoms with Crippen LogP contribution in [-0.2, 0) is 0 Å². The Morgan fingerprint density at radius 2 is 1.87 bits per heavy atom. The molecule has 2 aromatic rings. The fraction of sp³-hybridized carbons (Fsp3) is 0. The largest absolute Gasteiger partial charge is 0.264 e. The fourth-order valence-electron chi connectivity index (χ4n) is 1.29. The molecule has 15 heavy (non-hydrogen) atoms. The second-order valence-electron chi connectivity index (χ2n) is 3.14. The Morgan fingerprint density at radius 1 is 1.07 bits per heavy atom. The summed E-state index contributed by atoms with van der Waals surface area (Å²) in [7, 11) is 0. The van der Waals surface area contributed by atoms with Gasteiger partial charge in [0.2, 0.25) is 0 Å². The van der Waals surface area contributed by atoms with Crippen LogP contribution in [0.1, 0.15) is 11.1 Å². The summed E-state index contributed by atoms with van der Waals surface area (Å²) in [6.07, 6.45) is 4.77. The quantitative estimate of drug-likeness (QED) is 0.720. The number of aromatic nitrogens is 1. The van der Waals surface area contributed by atoms with Crippen molar-refractivity contribution in [3.05, 3.63) is 66.0 Å². The zero-order chi connectivity index (χ0) is 10.5. The molecule has 2 heteroatoms. The van der Waals surface area contributed by atoms with Crippen LogP contribution < -0.4 is 0 Å². The van der Waals surface area contributed by atoms with E-state index in [9.17, 15) is 4.39 Å². The van der Waals surface area contributed by atoms with Gasteiger partial charge in [-0.15, -0.1) is 0 Å². The average molecular weight is 199 g/mol. The van der Waals surface area contributed by atoms with Crippen molar-refractivity contribution < 1.29 is 4.39 Å². The first-order valence-corrected chi connectivity index (χ1v) is 4.69. The van der Waals surface area contributed by atoms with Crippen molar-refractivity contribution in [2.75, 3.05) is 0 Å². The standard InChI is InChI=1S/C13H10FN/c14-13(12-6-2-1-3-7-12)9-11-5-4-8-15-10-11/h1-10H/b13-9+. The minimum absolute atomic E-state index is 0.247. The Morgan fingerprint density at radius 3 is 2.53 bits per heavy atom. The van der Waals surface area contributed by atoms with Gasteiger partial charge in [0.25, 0.3) is 0 Å². The predicted molar refractivity (Wildman–Crippen MR) is 59.7 cm³/mol. The summed E-state index contributed by atoms with van der Waals surface area (Å²) in [5, 5.41) is 0. The van der Waals surface area contributed by atoms with E-state index in [2.05, 4.69) is 4.98 Å². The molecule has 1 heterocycles. The molecule has 0 spiro atoms. The van der Waals surface area contributed by atoms with Gasteiger partial charge in [-0.3, -0.25) is 4.98 Å². The summed E-state index contributed by atoms with van der Waals surface area (Å²) in [5.74, 6) is -0.247. The van der Waals surface area contributed by atoms with Crippen LogP contribution in [0.15, 0.2) is 54.9 Å². The van der Waals surface area contributed by atoms with E-state index in [1.807, 2.05) is 24.3 Å². The summed E-state index contributed by atoms with van der Waals surface area (Å²) in [6, 6.07) is 12.6. The van der Waals surface area contributed by atoms with E-state index in [4.69, 9.17) is 0 Å². The minimum atomic E-state index is -0.247. The Kier molecular flexibility index (Phi) is 2.88. The Hall–Kier alpha value is -1.96. The molecule has 0 saturated carbocycles.